The van der Waals surface area contributed by atoms with Gasteiger partial charge in [-0.1, -0.05) is 11.6 Å². The molecule has 3 aliphatic rings. The van der Waals surface area contributed by atoms with Crippen LogP contribution in [0.15, 0.2) is 11.6 Å². The Balaban J connectivity index is 1.79. The van der Waals surface area contributed by atoms with E-state index >= 15 is 0 Å². The zero-order valence-corrected chi connectivity index (χ0v) is 14.3. The molecule has 0 aromatic heterocycles. The molecule has 2 saturated heterocycles. The molecule has 1 saturated carbocycles. The summed E-state index contributed by atoms with van der Waals surface area (Å²) in [5.41, 5.74) is 5.98. The largest absolute Gasteiger partial charge is 0.444 e. The highest BCUT2D eigenvalue weighted by Gasteiger charge is 2.72. The molecular formula is C17H27NO5. The minimum Gasteiger partial charge on any atom is -0.444 e. The number of carbonyl (C=O) groups excluding carboxylic acids is 1. The fraction of sp³-hybridized carbons (Fsp3) is 0.824. The van der Waals surface area contributed by atoms with E-state index in [4.69, 9.17) is 24.7 Å². The van der Waals surface area contributed by atoms with Crippen LogP contribution in [0.3, 0.4) is 0 Å². The molecule has 1 amide bonds. The van der Waals surface area contributed by atoms with E-state index in [-0.39, 0.29) is 35.4 Å². The first-order chi connectivity index (χ1) is 10.8. The molecule has 1 spiro atoms. The van der Waals surface area contributed by atoms with E-state index in [1.54, 1.807) is 7.11 Å². The summed E-state index contributed by atoms with van der Waals surface area (Å²) in [7, 11) is 1.65. The third-order valence-electron chi connectivity index (χ3n) is 5.50. The number of methoxy groups -OCH3 is 1. The number of nitrogens with two attached hydrogens (primary N) is 1. The first kappa shape index (κ1) is 16.7. The number of rotatable bonds is 5. The molecule has 1 aliphatic carbocycles. The van der Waals surface area contributed by atoms with Gasteiger partial charge in [-0.25, -0.2) is 4.79 Å². The summed E-state index contributed by atoms with van der Waals surface area (Å²) >= 11 is 0. The van der Waals surface area contributed by atoms with Crippen molar-refractivity contribution in [3.05, 3.63) is 11.6 Å². The van der Waals surface area contributed by atoms with Gasteiger partial charge in [0.05, 0.1) is 18.6 Å². The summed E-state index contributed by atoms with van der Waals surface area (Å²) in [5.74, 6) is 0.0358. The molecule has 0 bridgehead atoms. The molecular weight excluding hydrogens is 298 g/mol. The van der Waals surface area contributed by atoms with E-state index in [0.29, 0.717) is 6.42 Å². The Bertz CT molecular complexity index is 511. The molecule has 3 fully saturated rings. The van der Waals surface area contributed by atoms with Crippen molar-refractivity contribution >= 4 is 6.09 Å². The molecule has 0 aromatic rings. The van der Waals surface area contributed by atoms with Gasteiger partial charge < -0.3 is 24.7 Å². The van der Waals surface area contributed by atoms with Crippen molar-refractivity contribution in [2.75, 3.05) is 13.7 Å². The first-order valence-electron chi connectivity index (χ1n) is 8.26. The topological polar surface area (TPSA) is 86.6 Å². The molecule has 2 heterocycles. The molecule has 130 valence electrons. The fourth-order valence-corrected chi connectivity index (χ4v) is 4.22. The van der Waals surface area contributed by atoms with Crippen molar-refractivity contribution in [3.63, 3.8) is 0 Å². The predicted molar refractivity (Wildman–Crippen MR) is 84.0 cm³/mol. The highest BCUT2D eigenvalue weighted by atomic mass is 16.6. The molecule has 2 N–H and O–H groups in total. The van der Waals surface area contributed by atoms with Crippen molar-refractivity contribution in [1.29, 1.82) is 0 Å². The fourth-order valence-electron chi connectivity index (χ4n) is 4.22. The maximum atomic E-state index is 11.2. The molecule has 0 unspecified atom stereocenters. The van der Waals surface area contributed by atoms with E-state index in [2.05, 4.69) is 26.8 Å². The Labute approximate surface area is 137 Å². The number of carbonyl (C=O) groups is 1. The number of amides is 1. The van der Waals surface area contributed by atoms with Crippen molar-refractivity contribution in [3.8, 4) is 0 Å². The maximum Gasteiger partial charge on any atom is 0.404 e. The average molecular weight is 325 g/mol. The van der Waals surface area contributed by atoms with Crippen LogP contribution in [0.25, 0.3) is 0 Å². The molecule has 23 heavy (non-hydrogen) atoms. The van der Waals surface area contributed by atoms with Crippen LogP contribution in [-0.4, -0.2) is 49.3 Å². The van der Waals surface area contributed by atoms with E-state index in [0.717, 1.165) is 19.4 Å². The van der Waals surface area contributed by atoms with Crippen molar-refractivity contribution < 1.29 is 23.7 Å². The van der Waals surface area contributed by atoms with Gasteiger partial charge in [-0.05, 0) is 40.0 Å². The van der Waals surface area contributed by atoms with Gasteiger partial charge in [0, 0.05) is 7.11 Å². The molecule has 6 heteroatoms. The summed E-state index contributed by atoms with van der Waals surface area (Å²) < 4.78 is 22.9. The Morgan fingerprint density at radius 2 is 2.13 bits per heavy atom. The quantitative estimate of drug-likeness (QED) is 0.618. The van der Waals surface area contributed by atoms with Crippen molar-refractivity contribution in [2.24, 2.45) is 11.7 Å². The lowest BCUT2D eigenvalue weighted by Gasteiger charge is -2.42. The molecule has 6 atom stereocenters. The van der Waals surface area contributed by atoms with Gasteiger partial charge in [0.15, 0.2) is 0 Å². The number of primary amides is 1. The number of ether oxygens (including phenoxy) is 4. The van der Waals surface area contributed by atoms with Crippen molar-refractivity contribution in [2.45, 2.75) is 69.5 Å². The minimum atomic E-state index is -0.758. The van der Waals surface area contributed by atoms with Gasteiger partial charge in [-0.15, -0.1) is 0 Å². The van der Waals surface area contributed by atoms with E-state index in [1.165, 1.54) is 5.57 Å². The van der Waals surface area contributed by atoms with Crippen LogP contribution in [0.5, 0.6) is 0 Å². The standard InChI is InChI=1S/C17H27NO5/c1-10(2)5-6-12-16(3,23-12)14-13(20-4)11(22-15(18)19)7-8-17(14)9-21-17/h5,11-14H,6-9H2,1-4H3,(H2,18,19)/t11-,12-,13-,14-,16-,17+/m1/s1. The van der Waals surface area contributed by atoms with E-state index < -0.39 is 6.09 Å². The van der Waals surface area contributed by atoms with Crippen LogP contribution in [0, 0.1) is 5.92 Å². The highest BCUT2D eigenvalue weighted by Crippen LogP contribution is 2.59. The van der Waals surface area contributed by atoms with Crippen LogP contribution >= 0.6 is 0 Å². The lowest BCUT2D eigenvalue weighted by Crippen LogP contribution is -2.55. The van der Waals surface area contributed by atoms with Crippen molar-refractivity contribution in [1.82, 2.24) is 0 Å². The number of hydrogen-bond acceptors (Lipinski definition) is 5. The first-order valence-corrected chi connectivity index (χ1v) is 8.26. The van der Waals surface area contributed by atoms with Crippen LogP contribution in [0.4, 0.5) is 4.79 Å². The summed E-state index contributed by atoms with van der Waals surface area (Å²) in [4.78, 5) is 11.2. The summed E-state index contributed by atoms with van der Waals surface area (Å²) in [6.45, 7) is 7.00. The zero-order valence-electron chi connectivity index (χ0n) is 14.3. The second-order valence-electron chi connectivity index (χ2n) is 7.35. The van der Waals surface area contributed by atoms with Gasteiger partial charge in [0.25, 0.3) is 0 Å². The predicted octanol–water partition coefficient (Wildman–Crippen LogP) is 2.16. The smallest absolute Gasteiger partial charge is 0.404 e. The Morgan fingerprint density at radius 1 is 1.43 bits per heavy atom. The van der Waals surface area contributed by atoms with Gasteiger partial charge in [-0.3, -0.25) is 0 Å². The number of allylic oxidation sites excluding steroid dienone is 1. The third-order valence-corrected chi connectivity index (χ3v) is 5.50. The molecule has 3 rings (SSSR count). The normalized spacial score (nSPS) is 44.7. The van der Waals surface area contributed by atoms with Gasteiger partial charge in [-0.2, -0.15) is 0 Å². The zero-order chi connectivity index (χ0) is 16.8. The van der Waals surface area contributed by atoms with Crippen LogP contribution in [0.1, 0.15) is 40.0 Å². The lowest BCUT2D eigenvalue weighted by molar-refractivity contribution is -0.117. The van der Waals surface area contributed by atoms with E-state index in [9.17, 15) is 4.79 Å². The number of hydrogen-bond donors (Lipinski definition) is 1. The van der Waals surface area contributed by atoms with Gasteiger partial charge in [0.1, 0.15) is 23.4 Å². The number of epoxide rings is 2. The third kappa shape index (κ3) is 2.99. The Kier molecular flexibility index (Phi) is 4.19. The van der Waals surface area contributed by atoms with Crippen LogP contribution < -0.4 is 5.73 Å². The summed E-state index contributed by atoms with van der Waals surface area (Å²) in [6.07, 6.45) is 3.39. The minimum absolute atomic E-state index is 0.0358. The molecule has 6 nitrogen and oxygen atoms in total. The molecule has 0 aromatic carbocycles. The SMILES string of the molecule is CO[C@@H]1[C@H](OC(N)=O)CC[C@]2(CO2)[C@H]1[C@]1(C)O[C@@H]1CC=C(C)C. The maximum absolute atomic E-state index is 11.2. The second-order valence-corrected chi connectivity index (χ2v) is 7.35. The average Bonchev–Trinajstić information content (AvgIpc) is 3.37. The van der Waals surface area contributed by atoms with Crippen LogP contribution in [0.2, 0.25) is 0 Å². The Hall–Kier alpha value is -1.11. The van der Waals surface area contributed by atoms with Gasteiger partial charge in [0.2, 0.25) is 0 Å². The van der Waals surface area contributed by atoms with Gasteiger partial charge >= 0.3 is 6.09 Å². The highest BCUT2D eigenvalue weighted by molar-refractivity contribution is 5.64. The monoisotopic (exact) mass is 325 g/mol. The Morgan fingerprint density at radius 3 is 2.65 bits per heavy atom. The molecule has 2 aliphatic heterocycles. The molecule has 0 radical (unpaired) electrons. The summed E-state index contributed by atoms with van der Waals surface area (Å²) in [5, 5.41) is 0. The lowest BCUT2D eigenvalue weighted by atomic mass is 9.68. The second kappa shape index (κ2) is 5.76. The summed E-state index contributed by atoms with van der Waals surface area (Å²) in [6, 6.07) is 0. The van der Waals surface area contributed by atoms with E-state index in [1.807, 2.05) is 0 Å². The van der Waals surface area contributed by atoms with Crippen LogP contribution in [-0.2, 0) is 18.9 Å².